The minimum Gasteiger partial charge on any atom is -0.493 e. The molecule has 170 valence electrons. The molecule has 2 N–H and O–H groups in total. The number of hydrogen-bond donors (Lipinski definition) is 2. The van der Waals surface area contributed by atoms with Crippen LogP contribution in [0.5, 0.6) is 11.5 Å². The summed E-state index contributed by atoms with van der Waals surface area (Å²) in [6.07, 6.45) is 0.983. The van der Waals surface area contributed by atoms with E-state index in [1.807, 2.05) is 12.1 Å². The molecule has 0 heterocycles. The summed E-state index contributed by atoms with van der Waals surface area (Å²) < 4.78 is 24.1. The van der Waals surface area contributed by atoms with Crippen LogP contribution in [0.4, 0.5) is 10.1 Å². The van der Waals surface area contributed by atoms with Gasteiger partial charge in [-0.05, 0) is 65.7 Å². The Labute approximate surface area is 195 Å². The third-order valence-electron chi connectivity index (χ3n) is 4.35. The lowest BCUT2D eigenvalue weighted by Crippen LogP contribution is -2.24. The molecule has 0 radical (unpaired) electrons. The molecule has 0 aliphatic heterocycles. The maximum Gasteiger partial charge on any atom is 0.249 e. The number of halogens is 2. The Morgan fingerprint density at radius 2 is 1.73 bits per heavy atom. The van der Waals surface area contributed by atoms with Gasteiger partial charge in [0, 0.05) is 10.7 Å². The van der Waals surface area contributed by atoms with Crippen LogP contribution in [0, 0.1) is 5.82 Å². The number of hydrogen-bond acceptors (Lipinski definition) is 5. The molecule has 0 spiro atoms. The number of amides is 2. The van der Waals surface area contributed by atoms with Gasteiger partial charge in [-0.3, -0.25) is 9.59 Å². The Morgan fingerprint density at radius 1 is 1.00 bits per heavy atom. The molecule has 0 unspecified atom stereocenters. The molecule has 0 aromatic heterocycles. The Hall–Kier alpha value is -3.91. The molecule has 3 aromatic rings. The molecule has 0 bridgehead atoms. The molecule has 2 amide bonds. The molecule has 0 fully saturated rings. The average Bonchev–Trinajstić information content (AvgIpc) is 2.80. The number of ether oxygens (including phenoxy) is 2. The van der Waals surface area contributed by atoms with Crippen LogP contribution in [-0.2, 0) is 16.2 Å². The first-order valence-corrected chi connectivity index (χ1v) is 10.2. The Bertz CT molecular complexity index is 1140. The summed E-state index contributed by atoms with van der Waals surface area (Å²) in [4.78, 5) is 23.8. The SMILES string of the molecule is COc1cc(C=NNC(=O)CC(=O)Nc2ccc(F)cc2)ccc1OCc1ccc(Cl)cc1. The number of carbonyl (C=O) groups excluding carboxylic acids is 2. The normalized spacial score (nSPS) is 10.6. The van der Waals surface area contributed by atoms with Gasteiger partial charge in [-0.2, -0.15) is 5.10 Å². The van der Waals surface area contributed by atoms with E-state index in [2.05, 4.69) is 15.8 Å². The predicted molar refractivity (Wildman–Crippen MR) is 124 cm³/mol. The molecule has 0 aliphatic carbocycles. The van der Waals surface area contributed by atoms with Gasteiger partial charge in [-0.25, -0.2) is 9.82 Å². The quantitative estimate of drug-likeness (QED) is 0.273. The fraction of sp³-hybridized carbons (Fsp3) is 0.125. The zero-order valence-corrected chi connectivity index (χ0v) is 18.4. The summed E-state index contributed by atoms with van der Waals surface area (Å²) in [7, 11) is 1.52. The summed E-state index contributed by atoms with van der Waals surface area (Å²) in [6, 6.07) is 17.7. The molecule has 0 atom stereocenters. The van der Waals surface area contributed by atoms with Crippen molar-refractivity contribution in [3.05, 3.63) is 88.7 Å². The predicted octanol–water partition coefficient (Wildman–Crippen LogP) is 4.55. The molecule has 7 nitrogen and oxygen atoms in total. The van der Waals surface area contributed by atoms with Gasteiger partial charge in [0.2, 0.25) is 11.8 Å². The minimum absolute atomic E-state index is 0.344. The van der Waals surface area contributed by atoms with Crippen LogP contribution in [0.15, 0.2) is 71.8 Å². The van der Waals surface area contributed by atoms with E-state index in [1.165, 1.54) is 37.6 Å². The second-order valence-electron chi connectivity index (χ2n) is 6.85. The zero-order chi connectivity index (χ0) is 23.6. The van der Waals surface area contributed by atoms with Gasteiger partial charge in [0.1, 0.15) is 18.8 Å². The minimum atomic E-state index is -0.597. The van der Waals surface area contributed by atoms with E-state index < -0.39 is 24.1 Å². The molecular formula is C24H21ClFN3O4. The first kappa shape index (κ1) is 23.7. The van der Waals surface area contributed by atoms with Crippen LogP contribution in [-0.4, -0.2) is 25.1 Å². The number of hydrazone groups is 1. The zero-order valence-electron chi connectivity index (χ0n) is 17.7. The Kier molecular flexibility index (Phi) is 8.37. The van der Waals surface area contributed by atoms with E-state index in [1.54, 1.807) is 30.3 Å². The molecule has 0 saturated carbocycles. The van der Waals surface area contributed by atoms with Crippen molar-refractivity contribution in [2.24, 2.45) is 5.10 Å². The van der Waals surface area contributed by atoms with Gasteiger partial charge in [-0.15, -0.1) is 0 Å². The summed E-state index contributed by atoms with van der Waals surface area (Å²) in [5.41, 5.74) is 4.29. The number of carbonyl (C=O) groups is 2. The highest BCUT2D eigenvalue weighted by Crippen LogP contribution is 2.28. The fourth-order valence-corrected chi connectivity index (χ4v) is 2.85. The average molecular weight is 470 g/mol. The fourth-order valence-electron chi connectivity index (χ4n) is 2.73. The molecule has 3 aromatic carbocycles. The molecule has 0 saturated heterocycles. The summed E-state index contributed by atoms with van der Waals surface area (Å²) in [5.74, 6) is -0.513. The largest absolute Gasteiger partial charge is 0.493 e. The van der Waals surface area contributed by atoms with Crippen LogP contribution >= 0.6 is 11.6 Å². The highest BCUT2D eigenvalue weighted by atomic mass is 35.5. The number of nitrogens with zero attached hydrogens (tertiary/aromatic N) is 1. The van der Waals surface area contributed by atoms with Crippen LogP contribution in [0.25, 0.3) is 0 Å². The second-order valence-corrected chi connectivity index (χ2v) is 7.29. The third-order valence-corrected chi connectivity index (χ3v) is 4.60. The first-order chi connectivity index (χ1) is 15.9. The number of nitrogens with one attached hydrogen (secondary N) is 2. The van der Waals surface area contributed by atoms with E-state index in [0.717, 1.165) is 5.56 Å². The van der Waals surface area contributed by atoms with Gasteiger partial charge in [-0.1, -0.05) is 23.7 Å². The van der Waals surface area contributed by atoms with Gasteiger partial charge in [0.05, 0.1) is 13.3 Å². The van der Waals surface area contributed by atoms with Crippen LogP contribution in [0.1, 0.15) is 17.5 Å². The smallest absolute Gasteiger partial charge is 0.249 e. The van der Waals surface area contributed by atoms with E-state index >= 15 is 0 Å². The number of rotatable bonds is 9. The van der Waals surface area contributed by atoms with E-state index in [4.69, 9.17) is 21.1 Å². The first-order valence-electron chi connectivity index (χ1n) is 9.85. The van der Waals surface area contributed by atoms with Crippen molar-refractivity contribution in [2.75, 3.05) is 12.4 Å². The standard InChI is InChI=1S/C24H21ClFN3O4/c1-32-22-12-17(4-11-21(22)33-15-16-2-5-18(25)6-3-16)14-27-29-24(31)13-23(30)28-20-9-7-19(26)8-10-20/h2-12,14H,13,15H2,1H3,(H,28,30)(H,29,31). The van der Waals surface area contributed by atoms with Gasteiger partial charge < -0.3 is 14.8 Å². The number of methoxy groups -OCH3 is 1. The van der Waals surface area contributed by atoms with Crippen molar-refractivity contribution in [3.63, 3.8) is 0 Å². The van der Waals surface area contributed by atoms with E-state index in [0.29, 0.717) is 34.4 Å². The number of anilines is 1. The van der Waals surface area contributed by atoms with Crippen LogP contribution in [0.2, 0.25) is 5.02 Å². The maximum atomic E-state index is 12.9. The molecule has 0 aliphatic rings. The van der Waals surface area contributed by atoms with Crippen molar-refractivity contribution >= 4 is 35.3 Å². The van der Waals surface area contributed by atoms with Crippen molar-refractivity contribution in [3.8, 4) is 11.5 Å². The lowest BCUT2D eigenvalue weighted by Gasteiger charge is -2.11. The molecule has 3 rings (SSSR count). The number of benzene rings is 3. The third kappa shape index (κ3) is 7.62. The summed E-state index contributed by atoms with van der Waals surface area (Å²) >= 11 is 5.89. The molecule has 33 heavy (non-hydrogen) atoms. The lowest BCUT2D eigenvalue weighted by molar-refractivity contribution is -0.126. The lowest BCUT2D eigenvalue weighted by atomic mass is 10.2. The van der Waals surface area contributed by atoms with Crippen LogP contribution in [0.3, 0.4) is 0 Å². The van der Waals surface area contributed by atoms with Gasteiger partial charge >= 0.3 is 0 Å². The van der Waals surface area contributed by atoms with Gasteiger partial charge in [0.15, 0.2) is 11.5 Å². The summed E-state index contributed by atoms with van der Waals surface area (Å²) in [6.45, 7) is 0.344. The van der Waals surface area contributed by atoms with Crippen LogP contribution < -0.4 is 20.2 Å². The maximum absolute atomic E-state index is 12.9. The monoisotopic (exact) mass is 469 g/mol. The van der Waals surface area contributed by atoms with Crippen molar-refractivity contribution in [1.82, 2.24) is 5.43 Å². The van der Waals surface area contributed by atoms with Gasteiger partial charge in [0.25, 0.3) is 0 Å². The summed E-state index contributed by atoms with van der Waals surface area (Å²) in [5, 5.41) is 7.01. The Morgan fingerprint density at radius 3 is 2.42 bits per heavy atom. The van der Waals surface area contributed by atoms with Crippen molar-refractivity contribution in [1.29, 1.82) is 0 Å². The van der Waals surface area contributed by atoms with Crippen molar-refractivity contribution < 1.29 is 23.5 Å². The molecular weight excluding hydrogens is 449 g/mol. The van der Waals surface area contributed by atoms with E-state index in [-0.39, 0.29) is 0 Å². The van der Waals surface area contributed by atoms with E-state index in [9.17, 15) is 14.0 Å². The second kappa shape index (κ2) is 11.6. The van der Waals surface area contributed by atoms with Crippen molar-refractivity contribution in [2.45, 2.75) is 13.0 Å². The highest BCUT2D eigenvalue weighted by molar-refractivity contribution is 6.30. The topological polar surface area (TPSA) is 89.0 Å². The molecule has 9 heteroatoms. The Balaban J connectivity index is 1.50. The highest BCUT2D eigenvalue weighted by Gasteiger charge is 2.09.